The minimum atomic E-state index is -3.75. The van der Waals surface area contributed by atoms with Crippen molar-refractivity contribution in [3.8, 4) is 0 Å². The number of hydrogen-bond acceptors (Lipinski definition) is 4. The van der Waals surface area contributed by atoms with Gasteiger partial charge in [-0.05, 0) is 43.1 Å². The highest BCUT2D eigenvalue weighted by atomic mass is 35.5. The first kappa shape index (κ1) is 23.7. The SMILES string of the molecule is CCN(CC)S(=O)(=O)c1cc(C(=O)NC2CCCN(Cc3ccccc3)C2)ccc1Cl. The van der Waals surface area contributed by atoms with E-state index in [9.17, 15) is 13.2 Å². The Kier molecular flexibility index (Phi) is 8.11. The van der Waals surface area contributed by atoms with Crippen LogP contribution in [0.2, 0.25) is 5.02 Å². The maximum atomic E-state index is 12.9. The molecule has 0 aromatic heterocycles. The van der Waals surface area contributed by atoms with E-state index >= 15 is 0 Å². The molecule has 1 unspecified atom stereocenters. The molecule has 1 N–H and O–H groups in total. The van der Waals surface area contributed by atoms with E-state index in [0.29, 0.717) is 18.7 Å². The third-order valence-electron chi connectivity index (χ3n) is 5.61. The molecule has 168 valence electrons. The monoisotopic (exact) mass is 463 g/mol. The van der Waals surface area contributed by atoms with E-state index in [2.05, 4.69) is 22.3 Å². The average Bonchev–Trinajstić information content (AvgIpc) is 2.75. The Bertz CT molecular complexity index is 994. The molecule has 1 fully saturated rings. The molecular formula is C23H30ClN3O3S. The highest BCUT2D eigenvalue weighted by Crippen LogP contribution is 2.26. The van der Waals surface area contributed by atoms with Crippen LogP contribution in [0.4, 0.5) is 0 Å². The molecule has 1 heterocycles. The summed E-state index contributed by atoms with van der Waals surface area (Å²) in [4.78, 5) is 15.2. The smallest absolute Gasteiger partial charge is 0.251 e. The summed E-state index contributed by atoms with van der Waals surface area (Å²) in [5.74, 6) is -0.278. The summed E-state index contributed by atoms with van der Waals surface area (Å²) in [5.41, 5.74) is 1.55. The predicted octanol–water partition coefficient (Wildman–Crippen LogP) is 3.76. The number of nitrogens with zero attached hydrogens (tertiary/aromatic N) is 2. The molecule has 0 spiro atoms. The molecule has 1 aliphatic heterocycles. The Labute approximate surface area is 190 Å². The maximum absolute atomic E-state index is 12.9. The lowest BCUT2D eigenvalue weighted by molar-refractivity contribution is 0.0900. The lowest BCUT2D eigenvalue weighted by Crippen LogP contribution is -2.47. The van der Waals surface area contributed by atoms with Gasteiger partial charge in [-0.1, -0.05) is 55.8 Å². The van der Waals surface area contributed by atoms with Crippen molar-refractivity contribution in [2.45, 2.75) is 44.2 Å². The number of carbonyl (C=O) groups is 1. The molecule has 1 saturated heterocycles. The van der Waals surface area contributed by atoms with E-state index in [0.717, 1.165) is 32.5 Å². The summed E-state index contributed by atoms with van der Waals surface area (Å²) >= 11 is 6.19. The zero-order chi connectivity index (χ0) is 22.4. The van der Waals surface area contributed by atoms with Crippen molar-refractivity contribution >= 4 is 27.5 Å². The Morgan fingerprint density at radius 1 is 1.16 bits per heavy atom. The molecule has 31 heavy (non-hydrogen) atoms. The number of rotatable bonds is 8. The number of likely N-dealkylation sites (tertiary alicyclic amines) is 1. The lowest BCUT2D eigenvalue weighted by Gasteiger charge is -2.33. The molecule has 2 aromatic rings. The van der Waals surface area contributed by atoms with Gasteiger partial charge in [-0.25, -0.2) is 8.42 Å². The second kappa shape index (κ2) is 10.6. The van der Waals surface area contributed by atoms with Crippen molar-refractivity contribution in [3.63, 3.8) is 0 Å². The third-order valence-corrected chi connectivity index (χ3v) is 8.14. The zero-order valence-electron chi connectivity index (χ0n) is 18.1. The lowest BCUT2D eigenvalue weighted by atomic mass is 10.0. The standard InChI is InChI=1S/C23H30ClN3O3S/c1-3-27(4-2)31(29,30)22-15-19(12-13-21(22)24)23(28)25-20-11-8-14-26(17-20)16-18-9-6-5-7-10-18/h5-7,9-10,12-13,15,20H,3-4,8,11,14,16-17H2,1-2H3,(H,25,28). The van der Waals surface area contributed by atoms with E-state index in [1.54, 1.807) is 19.9 Å². The minimum absolute atomic E-state index is 0.0171. The molecule has 0 radical (unpaired) electrons. The minimum Gasteiger partial charge on any atom is -0.348 e. The molecule has 1 aliphatic rings. The van der Waals surface area contributed by atoms with Crippen molar-refractivity contribution in [1.29, 1.82) is 0 Å². The first-order valence-corrected chi connectivity index (χ1v) is 12.5. The first-order valence-electron chi connectivity index (χ1n) is 10.7. The van der Waals surface area contributed by atoms with Crippen molar-refractivity contribution < 1.29 is 13.2 Å². The van der Waals surface area contributed by atoms with Crippen LogP contribution in [0, 0.1) is 0 Å². The van der Waals surface area contributed by atoms with E-state index in [1.807, 2.05) is 18.2 Å². The molecule has 2 aromatic carbocycles. The van der Waals surface area contributed by atoms with Crippen LogP contribution in [0.25, 0.3) is 0 Å². The van der Waals surface area contributed by atoms with Gasteiger partial charge in [0.05, 0.1) is 5.02 Å². The van der Waals surface area contributed by atoms with Gasteiger partial charge < -0.3 is 5.32 Å². The number of benzene rings is 2. The second-order valence-corrected chi connectivity index (χ2v) is 10.1. The third kappa shape index (κ3) is 5.86. The fraction of sp³-hybridized carbons (Fsp3) is 0.435. The number of piperidine rings is 1. The van der Waals surface area contributed by atoms with E-state index in [4.69, 9.17) is 11.6 Å². The number of amides is 1. The number of carbonyl (C=O) groups excluding carboxylic acids is 1. The van der Waals surface area contributed by atoms with Gasteiger partial charge in [-0.15, -0.1) is 0 Å². The highest BCUT2D eigenvalue weighted by molar-refractivity contribution is 7.89. The van der Waals surface area contributed by atoms with Gasteiger partial charge in [0.25, 0.3) is 5.91 Å². The molecule has 0 aliphatic carbocycles. The van der Waals surface area contributed by atoms with Gasteiger partial charge in [0.2, 0.25) is 10.0 Å². The molecule has 3 rings (SSSR count). The number of nitrogens with one attached hydrogen (secondary N) is 1. The number of hydrogen-bond donors (Lipinski definition) is 1. The zero-order valence-corrected chi connectivity index (χ0v) is 19.6. The van der Waals surface area contributed by atoms with Crippen LogP contribution in [0.15, 0.2) is 53.4 Å². The second-order valence-electron chi connectivity index (χ2n) is 7.77. The normalized spacial score (nSPS) is 17.6. The van der Waals surface area contributed by atoms with Crippen molar-refractivity contribution in [2.75, 3.05) is 26.2 Å². The summed E-state index contributed by atoms with van der Waals surface area (Å²) in [6, 6.07) is 14.7. The summed E-state index contributed by atoms with van der Waals surface area (Å²) in [6.07, 6.45) is 1.90. The molecule has 8 heteroatoms. The van der Waals surface area contributed by atoms with Gasteiger partial charge in [-0.3, -0.25) is 9.69 Å². The summed E-state index contributed by atoms with van der Waals surface area (Å²) in [6.45, 7) is 6.83. The van der Waals surface area contributed by atoms with Crippen LogP contribution in [-0.2, 0) is 16.6 Å². The fourth-order valence-corrected chi connectivity index (χ4v) is 5.93. The van der Waals surface area contributed by atoms with Gasteiger partial charge in [0.15, 0.2) is 0 Å². The van der Waals surface area contributed by atoms with Crippen LogP contribution in [0.3, 0.4) is 0 Å². The highest BCUT2D eigenvalue weighted by Gasteiger charge is 2.27. The van der Waals surface area contributed by atoms with Crippen molar-refractivity contribution in [3.05, 3.63) is 64.7 Å². The summed E-state index contributed by atoms with van der Waals surface area (Å²) in [7, 11) is -3.75. The molecule has 6 nitrogen and oxygen atoms in total. The number of sulfonamides is 1. The van der Waals surface area contributed by atoms with E-state index in [-0.39, 0.29) is 21.9 Å². The summed E-state index contributed by atoms with van der Waals surface area (Å²) in [5, 5.41) is 3.19. The van der Waals surface area contributed by atoms with Crippen molar-refractivity contribution in [2.24, 2.45) is 0 Å². The predicted molar refractivity (Wildman–Crippen MR) is 124 cm³/mol. The number of halogens is 1. The van der Waals surface area contributed by atoms with Gasteiger partial charge >= 0.3 is 0 Å². The topological polar surface area (TPSA) is 69.7 Å². The first-order chi connectivity index (χ1) is 14.8. The fourth-order valence-electron chi connectivity index (χ4n) is 3.97. The van der Waals surface area contributed by atoms with Gasteiger partial charge in [0, 0.05) is 37.8 Å². The van der Waals surface area contributed by atoms with Crippen LogP contribution in [0.5, 0.6) is 0 Å². The maximum Gasteiger partial charge on any atom is 0.251 e. The molecule has 0 saturated carbocycles. The quantitative estimate of drug-likeness (QED) is 0.647. The molecule has 1 atom stereocenters. The van der Waals surface area contributed by atoms with Gasteiger partial charge in [-0.2, -0.15) is 4.31 Å². The van der Waals surface area contributed by atoms with Crippen LogP contribution < -0.4 is 5.32 Å². The van der Waals surface area contributed by atoms with E-state index < -0.39 is 10.0 Å². The van der Waals surface area contributed by atoms with Gasteiger partial charge in [0.1, 0.15) is 4.90 Å². The van der Waals surface area contributed by atoms with E-state index in [1.165, 1.54) is 22.0 Å². The summed E-state index contributed by atoms with van der Waals surface area (Å²) < 4.78 is 27.1. The van der Waals surface area contributed by atoms with Crippen LogP contribution in [-0.4, -0.2) is 55.8 Å². The molecular weight excluding hydrogens is 434 g/mol. The largest absolute Gasteiger partial charge is 0.348 e. The average molecular weight is 464 g/mol. The van der Waals surface area contributed by atoms with Crippen molar-refractivity contribution in [1.82, 2.24) is 14.5 Å². The Balaban J connectivity index is 1.70. The Morgan fingerprint density at radius 2 is 1.87 bits per heavy atom. The Hall–Kier alpha value is -1.93. The molecule has 1 amide bonds. The van der Waals surface area contributed by atoms with Crippen LogP contribution in [0.1, 0.15) is 42.6 Å². The Morgan fingerprint density at radius 3 is 2.55 bits per heavy atom. The van der Waals surface area contributed by atoms with Crippen LogP contribution >= 0.6 is 11.6 Å². The molecule has 0 bridgehead atoms.